The lowest BCUT2D eigenvalue weighted by atomic mass is 10.2. The Morgan fingerprint density at radius 1 is 1.36 bits per heavy atom. The summed E-state index contributed by atoms with van der Waals surface area (Å²) in [4.78, 5) is 25.6. The number of hydrogen-bond donors (Lipinski definition) is 2. The fraction of sp³-hybridized carbons (Fsp3) is 0.375. The number of nitrogens with two attached hydrogens (primary N) is 1. The molecule has 0 aromatic heterocycles. The molecule has 2 rings (SSSR count). The van der Waals surface area contributed by atoms with E-state index >= 15 is 0 Å². The molecule has 2 amide bonds. The standard InChI is InChI=1S/C16H21N3O3/c1-2-7-18-16(21)12-5-6-13(17)14(10-12)22-11-15(20)19-8-3-4-9-19/h2,5-6,10H,1,3-4,7-9,11,17H2,(H,18,21). The van der Waals surface area contributed by atoms with Crippen molar-refractivity contribution in [2.24, 2.45) is 0 Å². The van der Waals surface area contributed by atoms with Crippen LogP contribution in [0.3, 0.4) is 0 Å². The van der Waals surface area contributed by atoms with Crippen LogP contribution in [0, 0.1) is 0 Å². The van der Waals surface area contributed by atoms with Gasteiger partial charge in [0.1, 0.15) is 5.75 Å². The molecule has 22 heavy (non-hydrogen) atoms. The average Bonchev–Trinajstić information content (AvgIpc) is 3.06. The van der Waals surface area contributed by atoms with Gasteiger partial charge in [0.25, 0.3) is 11.8 Å². The Morgan fingerprint density at radius 2 is 2.09 bits per heavy atom. The van der Waals surface area contributed by atoms with Crippen molar-refractivity contribution in [2.75, 3.05) is 32.0 Å². The molecule has 0 unspecified atom stereocenters. The van der Waals surface area contributed by atoms with Crippen LogP contribution in [0.25, 0.3) is 0 Å². The number of carbonyl (C=O) groups is 2. The molecule has 1 aromatic rings. The quantitative estimate of drug-likeness (QED) is 0.610. The Morgan fingerprint density at radius 3 is 2.77 bits per heavy atom. The van der Waals surface area contributed by atoms with Crippen molar-refractivity contribution >= 4 is 17.5 Å². The normalized spacial score (nSPS) is 13.7. The lowest BCUT2D eigenvalue weighted by molar-refractivity contribution is -0.132. The van der Waals surface area contributed by atoms with E-state index in [9.17, 15) is 9.59 Å². The van der Waals surface area contributed by atoms with Crippen molar-refractivity contribution in [3.63, 3.8) is 0 Å². The molecule has 1 heterocycles. The van der Waals surface area contributed by atoms with E-state index in [1.807, 2.05) is 0 Å². The van der Waals surface area contributed by atoms with Crippen molar-refractivity contribution in [3.05, 3.63) is 36.4 Å². The Hall–Kier alpha value is -2.50. The number of hydrogen-bond acceptors (Lipinski definition) is 4. The number of nitrogen functional groups attached to an aromatic ring is 1. The second-order valence-electron chi connectivity index (χ2n) is 5.13. The highest BCUT2D eigenvalue weighted by Crippen LogP contribution is 2.23. The van der Waals surface area contributed by atoms with E-state index in [1.165, 1.54) is 0 Å². The van der Waals surface area contributed by atoms with Gasteiger partial charge in [0, 0.05) is 25.2 Å². The van der Waals surface area contributed by atoms with Crippen molar-refractivity contribution in [1.29, 1.82) is 0 Å². The molecular formula is C16H21N3O3. The molecule has 0 bridgehead atoms. The molecule has 0 saturated carbocycles. The third-order valence-corrected chi connectivity index (χ3v) is 3.49. The zero-order chi connectivity index (χ0) is 15.9. The van der Waals surface area contributed by atoms with E-state index in [2.05, 4.69) is 11.9 Å². The third-order valence-electron chi connectivity index (χ3n) is 3.49. The maximum absolute atomic E-state index is 12.0. The fourth-order valence-electron chi connectivity index (χ4n) is 2.26. The van der Waals surface area contributed by atoms with Crippen LogP contribution in [0.4, 0.5) is 5.69 Å². The van der Waals surface area contributed by atoms with Crippen molar-refractivity contribution < 1.29 is 14.3 Å². The van der Waals surface area contributed by atoms with Crippen molar-refractivity contribution in [2.45, 2.75) is 12.8 Å². The molecule has 0 aliphatic carbocycles. The number of amides is 2. The van der Waals surface area contributed by atoms with Gasteiger partial charge in [-0.3, -0.25) is 9.59 Å². The van der Waals surface area contributed by atoms with Crippen LogP contribution < -0.4 is 15.8 Å². The highest BCUT2D eigenvalue weighted by Gasteiger charge is 2.18. The topological polar surface area (TPSA) is 84.7 Å². The van der Waals surface area contributed by atoms with E-state index in [0.29, 0.717) is 23.5 Å². The summed E-state index contributed by atoms with van der Waals surface area (Å²) >= 11 is 0. The number of ether oxygens (including phenoxy) is 1. The van der Waals surface area contributed by atoms with Gasteiger partial charge in [-0.05, 0) is 31.0 Å². The summed E-state index contributed by atoms with van der Waals surface area (Å²) in [5, 5.41) is 2.68. The Labute approximate surface area is 129 Å². The van der Waals surface area contributed by atoms with Gasteiger partial charge < -0.3 is 20.7 Å². The summed E-state index contributed by atoms with van der Waals surface area (Å²) < 4.78 is 5.49. The zero-order valence-electron chi connectivity index (χ0n) is 12.5. The molecule has 3 N–H and O–H groups in total. The first-order valence-electron chi connectivity index (χ1n) is 7.31. The number of nitrogens with one attached hydrogen (secondary N) is 1. The van der Waals surface area contributed by atoms with E-state index in [4.69, 9.17) is 10.5 Å². The SMILES string of the molecule is C=CCNC(=O)c1ccc(N)c(OCC(=O)N2CCCC2)c1. The number of anilines is 1. The molecular weight excluding hydrogens is 282 g/mol. The summed E-state index contributed by atoms with van der Waals surface area (Å²) in [6, 6.07) is 4.76. The van der Waals surface area contributed by atoms with Crippen molar-refractivity contribution in [3.8, 4) is 5.75 Å². The van der Waals surface area contributed by atoms with Gasteiger partial charge in [-0.1, -0.05) is 6.08 Å². The monoisotopic (exact) mass is 303 g/mol. The minimum atomic E-state index is -0.240. The Balaban J connectivity index is 1.98. The third kappa shape index (κ3) is 4.00. The summed E-state index contributed by atoms with van der Waals surface area (Å²) in [5.41, 5.74) is 6.66. The predicted molar refractivity (Wildman–Crippen MR) is 84.7 cm³/mol. The van der Waals surface area contributed by atoms with Gasteiger partial charge in [-0.25, -0.2) is 0 Å². The highest BCUT2D eigenvalue weighted by atomic mass is 16.5. The summed E-state index contributed by atoms with van der Waals surface area (Å²) in [5.74, 6) is 0.0489. The number of rotatable bonds is 6. The van der Waals surface area contributed by atoms with Crippen LogP contribution >= 0.6 is 0 Å². The summed E-state index contributed by atoms with van der Waals surface area (Å²) in [6.45, 7) is 5.42. The minimum Gasteiger partial charge on any atom is -0.482 e. The molecule has 0 radical (unpaired) electrons. The second kappa shape index (κ2) is 7.49. The average molecular weight is 303 g/mol. The molecule has 1 saturated heterocycles. The second-order valence-corrected chi connectivity index (χ2v) is 5.13. The Kier molecular flexibility index (Phi) is 5.41. The van der Waals surface area contributed by atoms with Crippen LogP contribution in [0.5, 0.6) is 5.75 Å². The maximum atomic E-state index is 12.0. The minimum absolute atomic E-state index is 0.0570. The van der Waals surface area contributed by atoms with E-state index in [1.54, 1.807) is 29.2 Å². The largest absolute Gasteiger partial charge is 0.482 e. The molecule has 1 aliphatic heterocycles. The molecule has 1 aliphatic rings. The first-order chi connectivity index (χ1) is 10.6. The van der Waals surface area contributed by atoms with Gasteiger partial charge in [0.05, 0.1) is 5.69 Å². The van der Waals surface area contributed by atoms with Crippen LogP contribution in [-0.2, 0) is 4.79 Å². The van der Waals surface area contributed by atoms with Crippen LogP contribution in [0.2, 0.25) is 0 Å². The zero-order valence-corrected chi connectivity index (χ0v) is 12.5. The molecule has 0 atom stereocenters. The summed E-state index contributed by atoms with van der Waals surface area (Å²) in [7, 11) is 0. The predicted octanol–water partition coefficient (Wildman–Crippen LogP) is 1.19. The van der Waals surface area contributed by atoms with E-state index < -0.39 is 0 Å². The van der Waals surface area contributed by atoms with Crippen LogP contribution in [0.15, 0.2) is 30.9 Å². The fourth-order valence-corrected chi connectivity index (χ4v) is 2.26. The molecule has 6 nitrogen and oxygen atoms in total. The summed E-state index contributed by atoms with van der Waals surface area (Å²) in [6.07, 6.45) is 3.67. The van der Waals surface area contributed by atoms with Gasteiger partial charge in [-0.15, -0.1) is 6.58 Å². The number of carbonyl (C=O) groups excluding carboxylic acids is 2. The van der Waals surface area contributed by atoms with Crippen molar-refractivity contribution in [1.82, 2.24) is 10.2 Å². The molecule has 6 heteroatoms. The smallest absolute Gasteiger partial charge is 0.260 e. The first-order valence-corrected chi connectivity index (χ1v) is 7.31. The number of benzene rings is 1. The lowest BCUT2D eigenvalue weighted by Gasteiger charge is -2.16. The van der Waals surface area contributed by atoms with E-state index in [-0.39, 0.29) is 18.4 Å². The molecule has 1 fully saturated rings. The lowest BCUT2D eigenvalue weighted by Crippen LogP contribution is -2.32. The molecule has 0 spiro atoms. The van der Waals surface area contributed by atoms with Gasteiger partial charge in [0.15, 0.2) is 6.61 Å². The van der Waals surface area contributed by atoms with Crippen LogP contribution in [-0.4, -0.2) is 43.0 Å². The van der Waals surface area contributed by atoms with E-state index in [0.717, 1.165) is 25.9 Å². The number of nitrogens with zero attached hydrogens (tertiary/aromatic N) is 1. The molecule has 118 valence electrons. The number of likely N-dealkylation sites (tertiary alicyclic amines) is 1. The maximum Gasteiger partial charge on any atom is 0.260 e. The van der Waals surface area contributed by atoms with Gasteiger partial charge in [-0.2, -0.15) is 0 Å². The Bertz CT molecular complexity index is 566. The molecule has 1 aromatic carbocycles. The highest BCUT2D eigenvalue weighted by molar-refractivity contribution is 5.95. The van der Waals surface area contributed by atoms with Gasteiger partial charge >= 0.3 is 0 Å². The van der Waals surface area contributed by atoms with Gasteiger partial charge in [0.2, 0.25) is 0 Å². The van der Waals surface area contributed by atoms with Crippen LogP contribution in [0.1, 0.15) is 23.2 Å². The first kappa shape index (κ1) is 15.9.